The number of hydrogen-bond acceptors (Lipinski definition) is 5. The van der Waals surface area contributed by atoms with Crippen LogP contribution in [0.3, 0.4) is 0 Å². The number of rotatable bonds is 5. The molecule has 0 bridgehead atoms. The molecule has 0 unspecified atom stereocenters. The third kappa shape index (κ3) is 3.92. The van der Waals surface area contributed by atoms with Gasteiger partial charge in [-0.1, -0.05) is 78.6 Å². The second-order valence-electron chi connectivity index (χ2n) is 6.52. The van der Waals surface area contributed by atoms with Gasteiger partial charge in [-0.2, -0.15) is 0 Å². The maximum atomic E-state index is 13.1. The molecule has 4 rings (SSSR count). The smallest absolute Gasteiger partial charge is 0.327 e. The van der Waals surface area contributed by atoms with E-state index in [4.69, 9.17) is 12.2 Å². The molecule has 1 amide bonds. The second kappa shape index (κ2) is 8.14. The number of amides is 1. The zero-order chi connectivity index (χ0) is 20.4. The van der Waals surface area contributed by atoms with Gasteiger partial charge in [0.05, 0.1) is 10.4 Å². The molecule has 1 aliphatic rings. The van der Waals surface area contributed by atoms with Crippen LogP contribution in [-0.2, 0) is 16.0 Å². The highest BCUT2D eigenvalue weighted by molar-refractivity contribution is 8.26. The Labute approximate surface area is 177 Å². The first kappa shape index (κ1) is 19.3. The molecule has 0 saturated carbocycles. The molecule has 5 nitrogen and oxygen atoms in total. The van der Waals surface area contributed by atoms with E-state index in [1.807, 2.05) is 60.7 Å². The average molecular weight is 421 g/mol. The second-order valence-corrected chi connectivity index (χ2v) is 8.19. The summed E-state index contributed by atoms with van der Waals surface area (Å²) in [6.45, 7) is 0. The molecule has 2 aromatic carbocycles. The topological polar surface area (TPSA) is 70.5 Å². The predicted molar refractivity (Wildman–Crippen MR) is 118 cm³/mol. The molecule has 7 heteroatoms. The van der Waals surface area contributed by atoms with Crippen LogP contribution in [0.15, 0.2) is 71.8 Å². The summed E-state index contributed by atoms with van der Waals surface area (Å²) in [6, 6.07) is 17.7. The van der Waals surface area contributed by atoms with E-state index < -0.39 is 17.9 Å². The molecule has 1 fully saturated rings. The number of fused-ring (bicyclic) bond motifs is 1. The lowest BCUT2D eigenvalue weighted by Gasteiger charge is -2.23. The summed E-state index contributed by atoms with van der Waals surface area (Å²) in [4.78, 5) is 31.0. The largest absolute Gasteiger partial charge is 0.480 e. The Bertz CT molecular complexity index is 1140. The quantitative estimate of drug-likeness (QED) is 0.494. The van der Waals surface area contributed by atoms with E-state index in [0.717, 1.165) is 33.8 Å². The van der Waals surface area contributed by atoms with Crippen molar-refractivity contribution in [3.8, 4) is 0 Å². The first-order valence-electron chi connectivity index (χ1n) is 8.92. The number of aromatic nitrogens is 1. The fourth-order valence-corrected chi connectivity index (χ4v) is 4.61. The lowest BCUT2D eigenvalue weighted by Crippen LogP contribution is -2.45. The Hall–Kier alpha value is -3.03. The number of thioether (sulfide) groups is 1. The number of thiocarbonyl (C=S) groups is 1. The van der Waals surface area contributed by atoms with Gasteiger partial charge >= 0.3 is 5.97 Å². The number of carboxylic acids is 1. The summed E-state index contributed by atoms with van der Waals surface area (Å²) in [5, 5.41) is 10.7. The number of carboxylic acid groups (broad SMARTS) is 1. The molecule has 29 heavy (non-hydrogen) atoms. The highest BCUT2D eigenvalue weighted by Crippen LogP contribution is 2.35. The minimum atomic E-state index is -1.08. The Morgan fingerprint density at radius 1 is 1.14 bits per heavy atom. The van der Waals surface area contributed by atoms with Crippen molar-refractivity contribution in [2.24, 2.45) is 0 Å². The Balaban J connectivity index is 1.67. The van der Waals surface area contributed by atoms with Crippen LogP contribution < -0.4 is 0 Å². The molecule has 144 valence electrons. The maximum absolute atomic E-state index is 13.1. The number of benzene rings is 2. The SMILES string of the molecule is O=C(O)[C@@H](Cc1ccccc1)N1C(=O)/C(=C/c2cccc3cccnc23)SC1=S. The highest BCUT2D eigenvalue weighted by Gasteiger charge is 2.40. The molecule has 0 spiro atoms. The van der Waals surface area contributed by atoms with Crippen molar-refractivity contribution in [1.82, 2.24) is 9.88 Å². The number of hydrogen-bond donors (Lipinski definition) is 1. The summed E-state index contributed by atoms with van der Waals surface area (Å²) in [6.07, 6.45) is 3.62. The molecule has 1 N–H and O–H groups in total. The molecular weight excluding hydrogens is 404 g/mol. The van der Waals surface area contributed by atoms with Crippen molar-refractivity contribution in [3.05, 3.63) is 82.9 Å². The van der Waals surface area contributed by atoms with Crippen molar-refractivity contribution in [1.29, 1.82) is 0 Å². The minimum absolute atomic E-state index is 0.186. The van der Waals surface area contributed by atoms with Gasteiger partial charge in [0.25, 0.3) is 5.91 Å². The standard InChI is InChI=1S/C22H16N2O3S2/c25-20-18(13-16-9-4-8-15-10-5-11-23-19(15)16)29-22(28)24(20)17(21(26)27)12-14-6-2-1-3-7-14/h1-11,13,17H,12H2,(H,26,27)/b18-13-/t17-/m1/s1. The number of nitrogens with zero attached hydrogens (tertiary/aromatic N) is 2. The maximum Gasteiger partial charge on any atom is 0.327 e. The third-order valence-electron chi connectivity index (χ3n) is 4.64. The van der Waals surface area contributed by atoms with Gasteiger partial charge in [0.2, 0.25) is 0 Å². The molecule has 0 aliphatic carbocycles. The van der Waals surface area contributed by atoms with Gasteiger partial charge in [0, 0.05) is 23.6 Å². The number of carbonyl (C=O) groups excluding carboxylic acids is 1. The van der Waals surface area contributed by atoms with E-state index in [0.29, 0.717) is 4.91 Å². The molecule has 1 saturated heterocycles. The van der Waals surface area contributed by atoms with Crippen LogP contribution in [0.4, 0.5) is 0 Å². The van der Waals surface area contributed by atoms with Crippen LogP contribution in [0.25, 0.3) is 17.0 Å². The molecular formula is C22H16N2O3S2. The van der Waals surface area contributed by atoms with Gasteiger partial charge in [-0.15, -0.1) is 0 Å². The lowest BCUT2D eigenvalue weighted by molar-refractivity contribution is -0.145. The first-order chi connectivity index (χ1) is 14.0. The van der Waals surface area contributed by atoms with Crippen LogP contribution in [-0.4, -0.2) is 37.2 Å². The van der Waals surface area contributed by atoms with E-state index in [1.165, 1.54) is 4.90 Å². The van der Waals surface area contributed by atoms with Crippen LogP contribution in [0.1, 0.15) is 11.1 Å². The van der Waals surface area contributed by atoms with Crippen LogP contribution in [0, 0.1) is 0 Å². The van der Waals surface area contributed by atoms with E-state index in [1.54, 1.807) is 12.3 Å². The number of carbonyl (C=O) groups is 2. The van der Waals surface area contributed by atoms with Gasteiger partial charge in [0.15, 0.2) is 0 Å². The lowest BCUT2D eigenvalue weighted by atomic mass is 10.0. The zero-order valence-electron chi connectivity index (χ0n) is 15.2. The Kier molecular flexibility index (Phi) is 5.42. The fourth-order valence-electron chi connectivity index (χ4n) is 3.26. The van der Waals surface area contributed by atoms with Gasteiger partial charge in [0.1, 0.15) is 10.4 Å². The normalized spacial score (nSPS) is 16.6. The average Bonchev–Trinajstić information content (AvgIpc) is 3.00. The number of aliphatic carboxylic acids is 1. The summed E-state index contributed by atoms with van der Waals surface area (Å²) in [5.41, 5.74) is 2.40. The van der Waals surface area contributed by atoms with E-state index >= 15 is 0 Å². The summed E-state index contributed by atoms with van der Waals surface area (Å²) in [7, 11) is 0. The van der Waals surface area contributed by atoms with Gasteiger partial charge < -0.3 is 5.11 Å². The third-order valence-corrected chi connectivity index (χ3v) is 5.97. The van der Waals surface area contributed by atoms with Gasteiger partial charge in [-0.05, 0) is 17.7 Å². The molecule has 1 atom stereocenters. The van der Waals surface area contributed by atoms with Crippen molar-refractivity contribution >= 4 is 57.2 Å². The van der Waals surface area contributed by atoms with Crippen molar-refractivity contribution in [3.63, 3.8) is 0 Å². The Morgan fingerprint density at radius 2 is 1.90 bits per heavy atom. The number of para-hydroxylation sites is 1. The van der Waals surface area contributed by atoms with Crippen molar-refractivity contribution in [2.45, 2.75) is 12.5 Å². The molecule has 2 heterocycles. The summed E-state index contributed by atoms with van der Waals surface area (Å²) in [5.74, 6) is -1.48. The van der Waals surface area contributed by atoms with Crippen LogP contribution >= 0.6 is 24.0 Å². The zero-order valence-corrected chi connectivity index (χ0v) is 16.8. The molecule has 1 aromatic heterocycles. The van der Waals surface area contributed by atoms with Crippen LogP contribution in [0.2, 0.25) is 0 Å². The Morgan fingerprint density at radius 3 is 2.66 bits per heavy atom. The fraction of sp³-hybridized carbons (Fsp3) is 0.0909. The summed E-state index contributed by atoms with van der Waals surface area (Å²) < 4.78 is 0.248. The van der Waals surface area contributed by atoms with Crippen molar-refractivity contribution in [2.75, 3.05) is 0 Å². The molecule has 0 radical (unpaired) electrons. The molecule has 3 aromatic rings. The minimum Gasteiger partial charge on any atom is -0.480 e. The van der Waals surface area contributed by atoms with Gasteiger partial charge in [-0.25, -0.2) is 4.79 Å². The monoisotopic (exact) mass is 420 g/mol. The number of pyridine rings is 1. The van der Waals surface area contributed by atoms with Gasteiger partial charge in [-0.3, -0.25) is 14.7 Å². The van der Waals surface area contributed by atoms with E-state index in [9.17, 15) is 14.7 Å². The highest BCUT2D eigenvalue weighted by atomic mass is 32.2. The van der Waals surface area contributed by atoms with Crippen molar-refractivity contribution < 1.29 is 14.7 Å². The van der Waals surface area contributed by atoms with E-state index in [-0.39, 0.29) is 10.7 Å². The molecule has 1 aliphatic heterocycles. The first-order valence-corrected chi connectivity index (χ1v) is 10.1. The van der Waals surface area contributed by atoms with Crippen LogP contribution in [0.5, 0.6) is 0 Å². The van der Waals surface area contributed by atoms with E-state index in [2.05, 4.69) is 4.98 Å². The predicted octanol–water partition coefficient (Wildman–Crippen LogP) is 4.13. The summed E-state index contributed by atoms with van der Waals surface area (Å²) >= 11 is 6.49.